The van der Waals surface area contributed by atoms with Gasteiger partial charge >= 0.3 is 0 Å². The minimum atomic E-state index is -0.00740. The average molecular weight is 389 g/mol. The van der Waals surface area contributed by atoms with E-state index in [-0.39, 0.29) is 12.3 Å². The Kier molecular flexibility index (Phi) is 6.14. The zero-order valence-corrected chi connectivity index (χ0v) is 15.5. The zero-order valence-electron chi connectivity index (χ0n) is 14.0. The molecule has 3 heterocycles. The fourth-order valence-corrected chi connectivity index (χ4v) is 3.47. The van der Waals surface area contributed by atoms with Gasteiger partial charge in [-0.15, -0.1) is 17.9 Å². The highest BCUT2D eigenvalue weighted by atomic mass is 35.5. The van der Waals surface area contributed by atoms with Crippen LogP contribution in [-0.4, -0.2) is 32.5 Å². The number of hydrogen-bond acceptors (Lipinski definition) is 6. The molecule has 6 nitrogen and oxygen atoms in total. The lowest BCUT2D eigenvalue weighted by Gasteiger charge is -2.20. The lowest BCUT2D eigenvalue weighted by atomic mass is 10.2. The summed E-state index contributed by atoms with van der Waals surface area (Å²) in [5.74, 6) is 0.827. The maximum atomic E-state index is 12.5. The number of pyridine rings is 1. The lowest BCUT2D eigenvalue weighted by molar-refractivity contribution is -0.131. The van der Waals surface area contributed by atoms with Gasteiger partial charge in [0.2, 0.25) is 17.6 Å². The van der Waals surface area contributed by atoms with E-state index in [1.165, 1.54) is 11.3 Å². The van der Waals surface area contributed by atoms with E-state index in [1.807, 2.05) is 24.3 Å². The molecule has 0 bridgehead atoms. The Morgan fingerprint density at radius 2 is 2.23 bits per heavy atom. The lowest BCUT2D eigenvalue weighted by Crippen LogP contribution is -2.30. The van der Waals surface area contributed by atoms with Crippen LogP contribution in [0.5, 0.6) is 0 Å². The average Bonchev–Trinajstić information content (AvgIpc) is 3.29. The number of carbonyl (C=O) groups excluding carboxylic acids is 1. The van der Waals surface area contributed by atoms with E-state index in [4.69, 9.17) is 16.1 Å². The second-order valence-electron chi connectivity index (χ2n) is 5.50. The molecule has 0 aromatic carbocycles. The Balaban J connectivity index is 1.59. The van der Waals surface area contributed by atoms with Gasteiger partial charge in [0, 0.05) is 30.5 Å². The third-order valence-corrected chi connectivity index (χ3v) is 4.81. The van der Waals surface area contributed by atoms with Crippen LogP contribution in [0.15, 0.2) is 53.7 Å². The van der Waals surface area contributed by atoms with Crippen molar-refractivity contribution in [3.8, 4) is 11.5 Å². The third kappa shape index (κ3) is 4.77. The van der Waals surface area contributed by atoms with Gasteiger partial charge in [0.25, 0.3) is 0 Å². The van der Waals surface area contributed by atoms with Gasteiger partial charge in [-0.1, -0.05) is 28.9 Å². The number of amides is 1. The van der Waals surface area contributed by atoms with Crippen LogP contribution in [0.2, 0.25) is 4.34 Å². The summed E-state index contributed by atoms with van der Waals surface area (Å²) >= 11 is 7.42. The number of hydrogen-bond donors (Lipinski definition) is 0. The molecule has 0 aliphatic rings. The Hall–Kier alpha value is -2.51. The van der Waals surface area contributed by atoms with E-state index in [1.54, 1.807) is 23.2 Å². The van der Waals surface area contributed by atoms with E-state index in [0.29, 0.717) is 41.3 Å². The van der Waals surface area contributed by atoms with Crippen molar-refractivity contribution < 1.29 is 9.32 Å². The standard InChI is InChI=1S/C18H17ClN4O2S/c1-2-11-23(12-13-6-7-15(19)26-13)17(24)9-8-16-21-18(22-25-16)14-5-3-4-10-20-14/h2-7,10H,1,8-9,11-12H2. The summed E-state index contributed by atoms with van der Waals surface area (Å²) in [4.78, 5) is 23.8. The number of halogens is 1. The highest BCUT2D eigenvalue weighted by Crippen LogP contribution is 2.23. The topological polar surface area (TPSA) is 72.1 Å². The Bertz CT molecular complexity index is 878. The molecule has 8 heteroatoms. The Morgan fingerprint density at radius 3 is 2.92 bits per heavy atom. The van der Waals surface area contributed by atoms with Crippen molar-refractivity contribution in [2.24, 2.45) is 0 Å². The summed E-state index contributed by atoms with van der Waals surface area (Å²) in [5.41, 5.74) is 0.636. The summed E-state index contributed by atoms with van der Waals surface area (Å²) in [6, 6.07) is 9.23. The normalized spacial score (nSPS) is 10.7. The number of nitrogens with zero attached hydrogens (tertiary/aromatic N) is 4. The van der Waals surface area contributed by atoms with Crippen molar-refractivity contribution in [2.75, 3.05) is 6.54 Å². The first-order chi connectivity index (χ1) is 12.7. The van der Waals surface area contributed by atoms with Crippen LogP contribution in [0.3, 0.4) is 0 Å². The van der Waals surface area contributed by atoms with Gasteiger partial charge in [0.05, 0.1) is 10.9 Å². The number of aromatic nitrogens is 3. The van der Waals surface area contributed by atoms with Gasteiger partial charge in [0.1, 0.15) is 5.69 Å². The Labute approximate surface area is 160 Å². The SMILES string of the molecule is C=CCN(Cc1ccc(Cl)s1)C(=O)CCc1nc(-c2ccccn2)no1. The van der Waals surface area contributed by atoms with E-state index in [0.717, 1.165) is 4.88 Å². The summed E-state index contributed by atoms with van der Waals surface area (Å²) in [7, 11) is 0. The van der Waals surface area contributed by atoms with Crippen molar-refractivity contribution in [1.29, 1.82) is 0 Å². The van der Waals surface area contributed by atoms with Crippen molar-refractivity contribution in [2.45, 2.75) is 19.4 Å². The number of carbonyl (C=O) groups is 1. The Morgan fingerprint density at radius 1 is 1.35 bits per heavy atom. The fourth-order valence-electron chi connectivity index (χ4n) is 2.36. The highest BCUT2D eigenvalue weighted by Gasteiger charge is 2.16. The number of rotatable bonds is 8. The van der Waals surface area contributed by atoms with Crippen molar-refractivity contribution in [1.82, 2.24) is 20.0 Å². The van der Waals surface area contributed by atoms with E-state index >= 15 is 0 Å². The van der Waals surface area contributed by atoms with E-state index in [9.17, 15) is 4.79 Å². The molecule has 26 heavy (non-hydrogen) atoms. The maximum Gasteiger partial charge on any atom is 0.227 e. The molecule has 0 spiro atoms. The van der Waals surface area contributed by atoms with Crippen LogP contribution in [0.1, 0.15) is 17.2 Å². The first kappa shape index (κ1) is 18.3. The van der Waals surface area contributed by atoms with Gasteiger partial charge in [-0.25, -0.2) is 0 Å². The molecule has 0 saturated heterocycles. The predicted molar refractivity (Wildman–Crippen MR) is 101 cm³/mol. The first-order valence-electron chi connectivity index (χ1n) is 8.02. The van der Waals surface area contributed by atoms with Crippen LogP contribution in [0.4, 0.5) is 0 Å². The molecule has 134 valence electrons. The maximum absolute atomic E-state index is 12.5. The van der Waals surface area contributed by atoms with E-state index < -0.39 is 0 Å². The molecular weight excluding hydrogens is 372 g/mol. The van der Waals surface area contributed by atoms with Crippen molar-refractivity contribution >= 4 is 28.8 Å². The van der Waals surface area contributed by atoms with Gasteiger partial charge in [-0.2, -0.15) is 4.98 Å². The van der Waals surface area contributed by atoms with Crippen LogP contribution in [0, 0.1) is 0 Å². The summed E-state index contributed by atoms with van der Waals surface area (Å²) < 4.78 is 5.93. The second kappa shape index (κ2) is 8.73. The monoisotopic (exact) mass is 388 g/mol. The number of aryl methyl sites for hydroxylation is 1. The quantitative estimate of drug-likeness (QED) is 0.545. The van der Waals surface area contributed by atoms with Crippen LogP contribution < -0.4 is 0 Å². The summed E-state index contributed by atoms with van der Waals surface area (Å²) in [6.07, 6.45) is 4.02. The van der Waals surface area contributed by atoms with Gasteiger partial charge < -0.3 is 9.42 Å². The molecule has 0 aliphatic carbocycles. The molecule has 0 fully saturated rings. The fraction of sp³-hybridized carbons (Fsp3) is 0.222. The molecule has 3 rings (SSSR count). The van der Waals surface area contributed by atoms with Crippen LogP contribution in [0.25, 0.3) is 11.5 Å². The predicted octanol–water partition coefficient (Wildman–Crippen LogP) is 3.99. The summed E-state index contributed by atoms with van der Waals surface area (Å²) in [6.45, 7) is 4.70. The first-order valence-corrected chi connectivity index (χ1v) is 9.22. The van der Waals surface area contributed by atoms with Crippen LogP contribution >= 0.6 is 22.9 Å². The van der Waals surface area contributed by atoms with Crippen LogP contribution in [-0.2, 0) is 17.8 Å². The van der Waals surface area contributed by atoms with Crippen molar-refractivity contribution in [3.63, 3.8) is 0 Å². The molecule has 3 aromatic rings. The molecule has 1 amide bonds. The molecule has 0 unspecified atom stereocenters. The number of thiophene rings is 1. The minimum absolute atomic E-state index is 0.00740. The molecule has 0 aliphatic heterocycles. The minimum Gasteiger partial charge on any atom is -0.339 e. The van der Waals surface area contributed by atoms with Gasteiger partial charge in [-0.3, -0.25) is 9.78 Å². The molecule has 0 saturated carbocycles. The van der Waals surface area contributed by atoms with Gasteiger partial charge in [-0.05, 0) is 24.3 Å². The van der Waals surface area contributed by atoms with Gasteiger partial charge in [0.15, 0.2) is 0 Å². The molecule has 0 atom stereocenters. The zero-order chi connectivity index (χ0) is 18.4. The molecule has 0 N–H and O–H groups in total. The largest absolute Gasteiger partial charge is 0.339 e. The van der Waals surface area contributed by atoms with E-state index in [2.05, 4.69) is 21.7 Å². The molecular formula is C18H17ClN4O2S. The highest BCUT2D eigenvalue weighted by molar-refractivity contribution is 7.16. The third-order valence-electron chi connectivity index (χ3n) is 3.59. The molecule has 0 radical (unpaired) electrons. The molecule has 3 aromatic heterocycles. The van der Waals surface area contributed by atoms with Crippen molar-refractivity contribution in [3.05, 3.63) is 64.3 Å². The smallest absolute Gasteiger partial charge is 0.227 e. The second-order valence-corrected chi connectivity index (χ2v) is 7.30. The summed E-state index contributed by atoms with van der Waals surface area (Å²) in [5, 5.41) is 3.91.